The molecule has 1 N–H and O–H groups in total. The molecule has 142 valence electrons. The Balaban J connectivity index is 1.45. The zero-order valence-electron chi connectivity index (χ0n) is 14.7. The van der Waals surface area contributed by atoms with Crippen LogP contribution in [0.1, 0.15) is 11.1 Å². The lowest BCUT2D eigenvalue weighted by Gasteiger charge is -2.44. The molecule has 0 unspecified atom stereocenters. The van der Waals surface area contributed by atoms with Crippen LogP contribution >= 0.6 is 0 Å². The minimum Gasteiger partial charge on any atom is -0.395 e. The van der Waals surface area contributed by atoms with Crippen LogP contribution in [0.3, 0.4) is 0 Å². The molecular formula is C18H25N3O4S. The Morgan fingerprint density at radius 3 is 2.38 bits per heavy atom. The van der Waals surface area contributed by atoms with E-state index in [1.807, 2.05) is 17.0 Å². The van der Waals surface area contributed by atoms with Gasteiger partial charge in [0.15, 0.2) is 9.84 Å². The van der Waals surface area contributed by atoms with Gasteiger partial charge in [-0.1, -0.05) is 24.3 Å². The second kappa shape index (κ2) is 6.92. The molecule has 26 heavy (non-hydrogen) atoms. The topological polar surface area (TPSA) is 81.2 Å². The van der Waals surface area contributed by atoms with Crippen LogP contribution in [0, 0.1) is 0 Å². The molecule has 0 aliphatic carbocycles. The summed E-state index contributed by atoms with van der Waals surface area (Å²) in [5.41, 5.74) is 2.52. The van der Waals surface area contributed by atoms with Gasteiger partial charge in [-0.05, 0) is 11.1 Å². The Bertz CT molecular complexity index is 772. The van der Waals surface area contributed by atoms with E-state index in [4.69, 9.17) is 0 Å². The number of β-amino-alcohol motifs (C(OH)–C–C–N with tert-alkyl or cyclic N) is 1. The van der Waals surface area contributed by atoms with E-state index in [0.29, 0.717) is 26.2 Å². The number of hydrogen-bond donors (Lipinski definition) is 1. The monoisotopic (exact) mass is 379 g/mol. The van der Waals surface area contributed by atoms with Crippen molar-refractivity contribution >= 4 is 15.7 Å². The van der Waals surface area contributed by atoms with E-state index < -0.39 is 9.84 Å². The Kier molecular flexibility index (Phi) is 4.77. The first-order chi connectivity index (χ1) is 12.5. The number of aliphatic hydroxyl groups is 1. The number of benzene rings is 1. The molecule has 2 fully saturated rings. The average Bonchev–Trinajstić information content (AvgIpc) is 3.14. The van der Waals surface area contributed by atoms with Crippen LogP contribution in [0.25, 0.3) is 0 Å². The van der Waals surface area contributed by atoms with Crippen molar-refractivity contribution < 1.29 is 18.3 Å². The normalized spacial score (nSPS) is 28.1. The maximum absolute atomic E-state index is 12.9. The molecule has 7 nitrogen and oxygen atoms in total. The minimum absolute atomic E-state index is 0.00322. The van der Waals surface area contributed by atoms with Gasteiger partial charge in [0, 0.05) is 38.8 Å². The van der Waals surface area contributed by atoms with Crippen molar-refractivity contribution in [1.29, 1.82) is 0 Å². The molecule has 0 radical (unpaired) electrons. The fraction of sp³-hybridized carbons (Fsp3) is 0.611. The molecule has 1 amide bonds. The summed E-state index contributed by atoms with van der Waals surface area (Å²) < 4.78 is 24.3. The van der Waals surface area contributed by atoms with E-state index in [9.17, 15) is 18.3 Å². The lowest BCUT2D eigenvalue weighted by atomic mass is 10.0. The summed E-state index contributed by atoms with van der Waals surface area (Å²) in [4.78, 5) is 18.8. The Morgan fingerprint density at radius 1 is 1.08 bits per heavy atom. The Hall–Kier alpha value is -1.48. The van der Waals surface area contributed by atoms with Crippen molar-refractivity contribution in [3.63, 3.8) is 0 Å². The third-order valence-electron chi connectivity index (χ3n) is 5.76. The van der Waals surface area contributed by atoms with E-state index in [-0.39, 0.29) is 36.1 Å². The number of nitrogens with zero attached hydrogens (tertiary/aromatic N) is 3. The molecule has 1 aromatic carbocycles. The molecule has 0 bridgehead atoms. The van der Waals surface area contributed by atoms with Crippen molar-refractivity contribution in [2.24, 2.45) is 0 Å². The number of sulfone groups is 1. The van der Waals surface area contributed by atoms with Gasteiger partial charge in [-0.25, -0.2) is 8.42 Å². The lowest BCUT2D eigenvalue weighted by Crippen LogP contribution is -2.62. The van der Waals surface area contributed by atoms with Crippen molar-refractivity contribution in [3.8, 4) is 0 Å². The minimum atomic E-state index is -3.15. The zero-order chi connectivity index (χ0) is 18.3. The summed E-state index contributed by atoms with van der Waals surface area (Å²) in [5.74, 6) is 0.121. The van der Waals surface area contributed by atoms with Crippen LogP contribution < -0.4 is 0 Å². The second-order valence-corrected chi connectivity index (χ2v) is 9.63. The van der Waals surface area contributed by atoms with Crippen LogP contribution in [0.4, 0.5) is 0 Å². The van der Waals surface area contributed by atoms with Crippen LogP contribution in [0.5, 0.6) is 0 Å². The summed E-state index contributed by atoms with van der Waals surface area (Å²) >= 11 is 0. The Morgan fingerprint density at radius 2 is 1.73 bits per heavy atom. The third-order valence-corrected chi connectivity index (χ3v) is 7.46. The molecule has 4 rings (SSSR count). The molecule has 3 heterocycles. The van der Waals surface area contributed by atoms with Gasteiger partial charge in [0.05, 0.1) is 30.7 Å². The molecule has 8 heteroatoms. The van der Waals surface area contributed by atoms with Gasteiger partial charge in [-0.15, -0.1) is 0 Å². The number of piperazine rings is 1. The quantitative estimate of drug-likeness (QED) is 0.746. The van der Waals surface area contributed by atoms with E-state index in [1.54, 1.807) is 4.90 Å². The smallest absolute Gasteiger partial charge is 0.237 e. The first kappa shape index (κ1) is 17.9. The molecule has 0 spiro atoms. The van der Waals surface area contributed by atoms with Crippen molar-refractivity contribution in [2.45, 2.75) is 25.2 Å². The molecule has 0 aromatic heterocycles. The van der Waals surface area contributed by atoms with Gasteiger partial charge in [0.25, 0.3) is 0 Å². The van der Waals surface area contributed by atoms with Gasteiger partial charge < -0.3 is 10.0 Å². The standard InChI is InChI=1S/C18H25N3O4S/c22-8-7-20-5-6-21(17-13-26(24,25)12-16(17)20)18(23)11-19-9-14-3-1-2-4-15(14)10-19/h1-4,16-17,22H,5-13H2/t16-,17+/m1/s1. The number of fused-ring (bicyclic) bond motifs is 2. The number of aliphatic hydroxyl groups excluding tert-OH is 1. The van der Waals surface area contributed by atoms with Gasteiger partial charge >= 0.3 is 0 Å². The van der Waals surface area contributed by atoms with E-state index in [1.165, 1.54) is 11.1 Å². The first-order valence-electron chi connectivity index (χ1n) is 9.11. The van der Waals surface area contributed by atoms with Crippen LogP contribution in [0.15, 0.2) is 24.3 Å². The van der Waals surface area contributed by atoms with Crippen LogP contribution in [-0.4, -0.2) is 90.5 Å². The SMILES string of the molecule is O=C(CN1Cc2ccccc2C1)N1CCN(CCO)[C@@H]2CS(=O)(=O)C[C@@H]21. The van der Waals surface area contributed by atoms with E-state index >= 15 is 0 Å². The van der Waals surface area contributed by atoms with E-state index in [0.717, 1.165) is 13.1 Å². The number of carbonyl (C=O) groups excluding carboxylic acids is 1. The maximum Gasteiger partial charge on any atom is 0.237 e. The number of rotatable bonds is 4. The fourth-order valence-electron chi connectivity index (χ4n) is 4.54. The van der Waals surface area contributed by atoms with Crippen LogP contribution in [-0.2, 0) is 27.7 Å². The van der Waals surface area contributed by atoms with Gasteiger partial charge in [0.2, 0.25) is 5.91 Å². The fourth-order valence-corrected chi connectivity index (χ4v) is 6.55. The highest BCUT2D eigenvalue weighted by Gasteiger charge is 2.47. The lowest BCUT2D eigenvalue weighted by molar-refractivity contribution is -0.138. The van der Waals surface area contributed by atoms with Crippen molar-refractivity contribution in [3.05, 3.63) is 35.4 Å². The molecule has 2 atom stereocenters. The van der Waals surface area contributed by atoms with Gasteiger partial charge in [0.1, 0.15) is 0 Å². The molecule has 1 aromatic rings. The Labute approximate surface area is 154 Å². The number of hydrogen-bond acceptors (Lipinski definition) is 6. The molecule has 2 saturated heterocycles. The summed E-state index contributed by atoms with van der Waals surface area (Å²) in [6, 6.07) is 7.72. The second-order valence-electron chi connectivity index (χ2n) is 7.47. The number of carbonyl (C=O) groups is 1. The predicted molar refractivity (Wildman–Crippen MR) is 97.2 cm³/mol. The molecule has 0 saturated carbocycles. The summed E-state index contributed by atoms with van der Waals surface area (Å²) in [6.07, 6.45) is 0. The zero-order valence-corrected chi connectivity index (χ0v) is 15.6. The molecular weight excluding hydrogens is 354 g/mol. The first-order valence-corrected chi connectivity index (χ1v) is 10.9. The highest BCUT2D eigenvalue weighted by atomic mass is 32.2. The molecule has 3 aliphatic rings. The average molecular weight is 379 g/mol. The highest BCUT2D eigenvalue weighted by molar-refractivity contribution is 7.91. The van der Waals surface area contributed by atoms with Crippen molar-refractivity contribution in [1.82, 2.24) is 14.7 Å². The van der Waals surface area contributed by atoms with Gasteiger partial charge in [-0.2, -0.15) is 0 Å². The van der Waals surface area contributed by atoms with E-state index in [2.05, 4.69) is 17.0 Å². The summed E-state index contributed by atoms with van der Waals surface area (Å²) in [5, 5.41) is 9.24. The largest absolute Gasteiger partial charge is 0.395 e. The maximum atomic E-state index is 12.9. The van der Waals surface area contributed by atoms with Gasteiger partial charge in [-0.3, -0.25) is 14.6 Å². The number of amides is 1. The molecule has 3 aliphatic heterocycles. The van der Waals surface area contributed by atoms with Crippen LogP contribution in [0.2, 0.25) is 0 Å². The third kappa shape index (κ3) is 3.38. The predicted octanol–water partition coefficient (Wildman–Crippen LogP) is -0.696. The summed E-state index contributed by atoms with van der Waals surface area (Å²) in [7, 11) is -3.15. The highest BCUT2D eigenvalue weighted by Crippen LogP contribution is 2.28. The summed E-state index contributed by atoms with van der Waals surface area (Å²) in [6.45, 7) is 3.44. The van der Waals surface area contributed by atoms with Crippen molar-refractivity contribution in [2.75, 3.05) is 44.3 Å².